The fraction of sp³-hybridized carbons (Fsp3) is 0.200. The zero-order valence-electron chi connectivity index (χ0n) is 15.6. The van der Waals surface area contributed by atoms with E-state index in [1.165, 1.54) is 18.2 Å². The summed E-state index contributed by atoms with van der Waals surface area (Å²) in [4.78, 5) is 10.1. The lowest BCUT2D eigenvalue weighted by atomic mass is 10.2. The molecule has 0 bridgehead atoms. The number of aryl methyl sites for hydroxylation is 1. The molecule has 1 heterocycles. The van der Waals surface area contributed by atoms with Crippen molar-refractivity contribution >= 4 is 15.7 Å². The Kier molecular flexibility index (Phi) is 5.62. The van der Waals surface area contributed by atoms with Gasteiger partial charge in [0.25, 0.3) is 5.69 Å². The third-order valence-corrected chi connectivity index (χ3v) is 6.03. The molecule has 1 N–H and O–H groups in total. The Labute approximate surface area is 163 Å². The van der Waals surface area contributed by atoms with Crippen molar-refractivity contribution < 1.29 is 13.3 Å². The third-order valence-electron chi connectivity index (χ3n) is 4.58. The molecule has 0 radical (unpaired) electrons. The lowest BCUT2D eigenvalue weighted by Gasteiger charge is -2.10. The Balaban J connectivity index is 1.73. The monoisotopic (exact) mass is 399 g/mol. The van der Waals surface area contributed by atoms with Gasteiger partial charge in [-0.15, -0.1) is 0 Å². The summed E-state index contributed by atoms with van der Waals surface area (Å²) in [5.41, 5.74) is 3.97. The van der Waals surface area contributed by atoms with Crippen molar-refractivity contribution in [3.63, 3.8) is 0 Å². The highest BCUT2D eigenvalue weighted by Crippen LogP contribution is 2.21. The van der Waals surface area contributed by atoms with Crippen LogP contribution in [-0.4, -0.2) is 24.5 Å². The molecule has 146 valence electrons. The molecule has 0 saturated carbocycles. The van der Waals surface area contributed by atoms with Gasteiger partial charge in [-0.3, -0.25) is 10.1 Å². The molecular formula is C20H21N3O4S. The summed E-state index contributed by atoms with van der Waals surface area (Å²) < 4.78 is 29.5. The molecule has 0 aliphatic rings. The minimum atomic E-state index is -3.82. The van der Waals surface area contributed by atoms with Crippen LogP contribution in [-0.2, 0) is 16.4 Å². The summed E-state index contributed by atoms with van der Waals surface area (Å²) in [6.07, 6.45) is 0.515. The van der Waals surface area contributed by atoms with Crippen LogP contribution in [0.1, 0.15) is 17.0 Å². The van der Waals surface area contributed by atoms with Crippen LogP contribution in [0.25, 0.3) is 5.69 Å². The van der Waals surface area contributed by atoms with Gasteiger partial charge in [0.15, 0.2) is 0 Å². The van der Waals surface area contributed by atoms with Crippen molar-refractivity contribution in [1.82, 2.24) is 9.29 Å². The average molecular weight is 399 g/mol. The second-order valence-electron chi connectivity index (χ2n) is 6.47. The average Bonchev–Trinajstić information content (AvgIpc) is 2.96. The maximum Gasteiger partial charge on any atom is 0.270 e. The van der Waals surface area contributed by atoms with Crippen LogP contribution in [0, 0.1) is 24.0 Å². The molecule has 8 heteroatoms. The second kappa shape index (κ2) is 7.95. The Morgan fingerprint density at radius 2 is 1.75 bits per heavy atom. The lowest BCUT2D eigenvalue weighted by Crippen LogP contribution is -2.26. The highest BCUT2D eigenvalue weighted by molar-refractivity contribution is 7.89. The summed E-state index contributed by atoms with van der Waals surface area (Å²) in [5.74, 6) is 0. The van der Waals surface area contributed by atoms with E-state index in [0.717, 1.165) is 28.7 Å². The van der Waals surface area contributed by atoms with Gasteiger partial charge >= 0.3 is 0 Å². The quantitative estimate of drug-likeness (QED) is 0.486. The van der Waals surface area contributed by atoms with Crippen LogP contribution >= 0.6 is 0 Å². The van der Waals surface area contributed by atoms with Gasteiger partial charge in [-0.25, -0.2) is 13.1 Å². The number of nitro groups is 1. The van der Waals surface area contributed by atoms with E-state index in [4.69, 9.17) is 0 Å². The van der Waals surface area contributed by atoms with Gasteiger partial charge < -0.3 is 4.57 Å². The summed E-state index contributed by atoms with van der Waals surface area (Å²) >= 11 is 0. The molecule has 0 saturated heterocycles. The minimum Gasteiger partial charge on any atom is -0.318 e. The van der Waals surface area contributed by atoms with Crippen LogP contribution in [0.2, 0.25) is 0 Å². The fourth-order valence-corrected chi connectivity index (χ4v) is 4.30. The van der Waals surface area contributed by atoms with E-state index in [1.807, 2.05) is 50.2 Å². The molecule has 1 aromatic heterocycles. The van der Waals surface area contributed by atoms with E-state index in [9.17, 15) is 18.5 Å². The number of hydrogen-bond acceptors (Lipinski definition) is 4. The number of nitrogens with one attached hydrogen (secondary N) is 1. The molecule has 0 aliphatic carbocycles. The molecule has 0 spiro atoms. The zero-order chi connectivity index (χ0) is 20.3. The van der Waals surface area contributed by atoms with Crippen LogP contribution in [0.5, 0.6) is 0 Å². The molecule has 3 rings (SSSR count). The zero-order valence-corrected chi connectivity index (χ0v) is 16.4. The van der Waals surface area contributed by atoms with E-state index in [0.29, 0.717) is 6.42 Å². The summed E-state index contributed by atoms with van der Waals surface area (Å²) in [6, 6.07) is 17.0. The normalized spacial score (nSPS) is 11.5. The maximum atomic E-state index is 12.4. The van der Waals surface area contributed by atoms with E-state index in [1.54, 1.807) is 0 Å². The third kappa shape index (κ3) is 4.13. The van der Waals surface area contributed by atoms with Crippen LogP contribution < -0.4 is 4.72 Å². The number of benzene rings is 2. The largest absolute Gasteiger partial charge is 0.318 e. The van der Waals surface area contributed by atoms with Gasteiger partial charge in [-0.2, -0.15) is 0 Å². The van der Waals surface area contributed by atoms with Gasteiger partial charge in [-0.05, 0) is 50.1 Å². The second-order valence-corrected chi connectivity index (χ2v) is 8.24. The molecular weight excluding hydrogens is 378 g/mol. The van der Waals surface area contributed by atoms with Crippen LogP contribution in [0.4, 0.5) is 5.69 Å². The Morgan fingerprint density at radius 3 is 2.43 bits per heavy atom. The highest BCUT2D eigenvalue weighted by Gasteiger charge is 2.18. The first kappa shape index (κ1) is 19.8. The Hall–Kier alpha value is -2.97. The van der Waals surface area contributed by atoms with Crippen molar-refractivity contribution in [2.75, 3.05) is 6.54 Å². The van der Waals surface area contributed by atoms with Crippen molar-refractivity contribution in [2.24, 2.45) is 0 Å². The topological polar surface area (TPSA) is 94.2 Å². The molecule has 0 fully saturated rings. The number of para-hydroxylation sites is 1. The maximum absolute atomic E-state index is 12.4. The van der Waals surface area contributed by atoms with E-state index in [-0.39, 0.29) is 17.1 Å². The molecule has 0 aliphatic heterocycles. The lowest BCUT2D eigenvalue weighted by molar-refractivity contribution is -0.385. The first-order chi connectivity index (χ1) is 13.3. The summed E-state index contributed by atoms with van der Waals surface area (Å²) in [6.45, 7) is 4.21. The first-order valence-corrected chi connectivity index (χ1v) is 10.3. The minimum absolute atomic E-state index is 0.114. The standard InChI is InChI=1S/C20H21N3O4S/c1-15-13-17(16(2)22(15)18-7-4-3-5-8-18)11-12-21-28(26,27)20-10-6-9-19(14-20)23(24)25/h3-10,13-14,21H,11-12H2,1-2H3. The van der Waals surface area contributed by atoms with Crippen molar-refractivity contribution in [2.45, 2.75) is 25.2 Å². The molecule has 3 aromatic rings. The predicted octanol–water partition coefficient (Wildman–Crippen LogP) is 3.52. The smallest absolute Gasteiger partial charge is 0.270 e. The highest BCUT2D eigenvalue weighted by atomic mass is 32.2. The van der Waals surface area contributed by atoms with E-state index in [2.05, 4.69) is 9.29 Å². The fourth-order valence-electron chi connectivity index (χ4n) is 3.22. The molecule has 0 unspecified atom stereocenters. The SMILES string of the molecule is Cc1cc(CCNS(=O)(=O)c2cccc([N+](=O)[O-])c2)c(C)n1-c1ccccc1. The van der Waals surface area contributed by atoms with Gasteiger partial charge in [0.05, 0.1) is 9.82 Å². The number of aromatic nitrogens is 1. The Morgan fingerprint density at radius 1 is 1.04 bits per heavy atom. The molecule has 0 amide bonds. The number of rotatable bonds is 7. The number of non-ortho nitro benzene ring substituents is 1. The first-order valence-electron chi connectivity index (χ1n) is 8.77. The Bertz CT molecular complexity index is 1110. The van der Waals surface area contributed by atoms with Crippen molar-refractivity contribution in [3.8, 4) is 5.69 Å². The summed E-state index contributed by atoms with van der Waals surface area (Å²) in [7, 11) is -3.82. The van der Waals surface area contributed by atoms with Crippen molar-refractivity contribution in [3.05, 3.63) is 87.7 Å². The van der Waals surface area contributed by atoms with Crippen LogP contribution in [0.3, 0.4) is 0 Å². The molecule has 28 heavy (non-hydrogen) atoms. The van der Waals surface area contributed by atoms with Gasteiger partial charge in [0.2, 0.25) is 10.0 Å². The van der Waals surface area contributed by atoms with E-state index >= 15 is 0 Å². The van der Waals surface area contributed by atoms with Gasteiger partial charge in [-0.1, -0.05) is 24.3 Å². The van der Waals surface area contributed by atoms with E-state index < -0.39 is 14.9 Å². The molecule has 2 aromatic carbocycles. The van der Waals surface area contributed by atoms with Gasteiger partial charge in [0.1, 0.15) is 0 Å². The van der Waals surface area contributed by atoms with Crippen molar-refractivity contribution in [1.29, 1.82) is 0 Å². The number of nitrogens with zero attached hydrogens (tertiary/aromatic N) is 2. The van der Waals surface area contributed by atoms with Gasteiger partial charge in [0, 0.05) is 35.8 Å². The predicted molar refractivity (Wildman–Crippen MR) is 107 cm³/mol. The summed E-state index contributed by atoms with van der Waals surface area (Å²) in [5, 5.41) is 10.9. The number of sulfonamides is 1. The van der Waals surface area contributed by atoms with Crippen LogP contribution in [0.15, 0.2) is 65.6 Å². The molecule has 7 nitrogen and oxygen atoms in total. The number of hydrogen-bond donors (Lipinski definition) is 1. The number of nitro benzene ring substituents is 1. The molecule has 0 atom stereocenters.